The quantitative estimate of drug-likeness (QED) is 0.789. The third kappa shape index (κ3) is 2.97. The highest BCUT2D eigenvalue weighted by molar-refractivity contribution is 7.89. The molecule has 0 spiro atoms. The molecule has 0 N–H and O–H groups in total. The second kappa shape index (κ2) is 5.20. The van der Waals surface area contributed by atoms with E-state index in [9.17, 15) is 12.8 Å². The molecule has 0 aliphatic rings. The second-order valence-corrected chi connectivity index (χ2v) is 6.57. The van der Waals surface area contributed by atoms with Crippen LogP contribution in [0.4, 0.5) is 4.39 Å². The molecule has 0 bridgehead atoms. The molecule has 0 atom stereocenters. The van der Waals surface area contributed by atoms with Gasteiger partial charge in [-0.05, 0) is 44.0 Å². The number of hydrogen-bond acceptors (Lipinski definition) is 2. The molecule has 0 amide bonds. The average molecular weight is 271 g/mol. The van der Waals surface area contributed by atoms with Crippen molar-refractivity contribution in [3.8, 4) is 0 Å². The highest BCUT2D eigenvalue weighted by Gasteiger charge is 2.25. The van der Waals surface area contributed by atoms with E-state index in [1.165, 1.54) is 23.5 Å². The highest BCUT2D eigenvalue weighted by Crippen LogP contribution is 2.24. The zero-order valence-electron chi connectivity index (χ0n) is 11.1. The van der Waals surface area contributed by atoms with E-state index in [1.807, 2.05) is 0 Å². The molecule has 0 aliphatic carbocycles. The van der Waals surface area contributed by atoms with Crippen molar-refractivity contribution in [1.29, 1.82) is 0 Å². The van der Waals surface area contributed by atoms with E-state index in [1.54, 1.807) is 20.8 Å². The van der Waals surface area contributed by atoms with Crippen molar-refractivity contribution >= 4 is 10.0 Å². The Bertz CT molecular complexity index is 556. The van der Waals surface area contributed by atoms with Crippen molar-refractivity contribution in [2.75, 3.05) is 13.6 Å². The summed E-state index contributed by atoms with van der Waals surface area (Å²) >= 11 is 0. The average Bonchev–Trinajstić information content (AvgIpc) is 2.13. The maximum Gasteiger partial charge on any atom is 0.243 e. The minimum absolute atomic E-state index is 0.174. The molecule has 0 unspecified atom stereocenters. The number of likely N-dealkylation sites (N-methyl/N-ethyl adjacent to an activating group) is 1. The van der Waals surface area contributed by atoms with Gasteiger partial charge in [0.15, 0.2) is 0 Å². The standard InChI is InChI=1S/C13H18FNO2S/c1-9(2)8-15(5)18(16,17)13-10(3)6-12(14)7-11(13)4/h6-7H,1,8H2,2-5H3. The van der Waals surface area contributed by atoms with Crippen molar-refractivity contribution < 1.29 is 12.8 Å². The molecular formula is C13H18FNO2S. The van der Waals surface area contributed by atoms with Gasteiger partial charge < -0.3 is 0 Å². The Balaban J connectivity index is 3.33. The Hall–Kier alpha value is -1.20. The van der Waals surface area contributed by atoms with Crippen LogP contribution in [0.3, 0.4) is 0 Å². The molecule has 0 radical (unpaired) electrons. The van der Waals surface area contributed by atoms with E-state index in [4.69, 9.17) is 0 Å². The summed E-state index contributed by atoms with van der Waals surface area (Å²) in [4.78, 5) is 0.174. The summed E-state index contributed by atoms with van der Waals surface area (Å²) < 4.78 is 39.2. The molecule has 0 aromatic heterocycles. The Morgan fingerprint density at radius 2 is 1.78 bits per heavy atom. The van der Waals surface area contributed by atoms with Gasteiger partial charge in [-0.3, -0.25) is 0 Å². The number of nitrogens with zero attached hydrogens (tertiary/aromatic N) is 1. The topological polar surface area (TPSA) is 37.4 Å². The third-order valence-corrected chi connectivity index (χ3v) is 4.70. The minimum Gasteiger partial charge on any atom is -0.207 e. The summed E-state index contributed by atoms with van der Waals surface area (Å²) in [5.41, 5.74) is 1.58. The summed E-state index contributed by atoms with van der Waals surface area (Å²) in [7, 11) is -2.11. The molecule has 0 saturated heterocycles. The zero-order chi connectivity index (χ0) is 14.1. The van der Waals surface area contributed by atoms with Crippen molar-refractivity contribution in [1.82, 2.24) is 4.31 Å². The SMILES string of the molecule is C=C(C)CN(C)S(=O)(=O)c1c(C)cc(F)cc1C. The van der Waals surface area contributed by atoms with Gasteiger partial charge in [-0.1, -0.05) is 12.2 Å². The van der Waals surface area contributed by atoms with E-state index in [0.717, 1.165) is 5.57 Å². The molecule has 0 heterocycles. The van der Waals surface area contributed by atoms with E-state index < -0.39 is 15.8 Å². The molecule has 0 aliphatic heterocycles. The lowest BCUT2D eigenvalue weighted by atomic mass is 10.1. The van der Waals surface area contributed by atoms with Gasteiger partial charge in [0, 0.05) is 13.6 Å². The molecule has 3 nitrogen and oxygen atoms in total. The van der Waals surface area contributed by atoms with E-state index in [-0.39, 0.29) is 11.4 Å². The van der Waals surface area contributed by atoms with Crippen LogP contribution >= 0.6 is 0 Å². The molecule has 0 saturated carbocycles. The maximum atomic E-state index is 13.2. The summed E-state index contributed by atoms with van der Waals surface area (Å²) in [6.45, 7) is 8.89. The van der Waals surface area contributed by atoms with Crippen molar-refractivity contribution in [3.05, 3.63) is 41.2 Å². The van der Waals surface area contributed by atoms with Gasteiger partial charge in [0.2, 0.25) is 10.0 Å². The number of aryl methyl sites for hydroxylation is 2. The predicted molar refractivity (Wildman–Crippen MR) is 70.5 cm³/mol. The van der Waals surface area contributed by atoms with Gasteiger partial charge in [0.25, 0.3) is 0 Å². The van der Waals surface area contributed by atoms with Gasteiger partial charge in [0.1, 0.15) is 5.82 Å². The number of rotatable bonds is 4. The monoisotopic (exact) mass is 271 g/mol. The number of sulfonamides is 1. The van der Waals surface area contributed by atoms with Crippen LogP contribution in [0, 0.1) is 19.7 Å². The van der Waals surface area contributed by atoms with Crippen LogP contribution in [0.25, 0.3) is 0 Å². The molecule has 0 fully saturated rings. The van der Waals surface area contributed by atoms with Crippen molar-refractivity contribution in [2.45, 2.75) is 25.7 Å². The predicted octanol–water partition coefficient (Wildman–Crippen LogP) is 2.64. The van der Waals surface area contributed by atoms with E-state index in [2.05, 4.69) is 6.58 Å². The minimum atomic E-state index is -3.61. The van der Waals surface area contributed by atoms with Crippen LogP contribution in [0.2, 0.25) is 0 Å². The molecular weight excluding hydrogens is 253 g/mol. The van der Waals surface area contributed by atoms with E-state index >= 15 is 0 Å². The summed E-state index contributed by atoms with van der Waals surface area (Å²) in [6, 6.07) is 2.46. The van der Waals surface area contributed by atoms with Gasteiger partial charge in [-0.25, -0.2) is 12.8 Å². The Labute approximate surface area is 108 Å². The zero-order valence-corrected chi connectivity index (χ0v) is 11.9. The Morgan fingerprint density at radius 3 is 2.17 bits per heavy atom. The first-order valence-electron chi connectivity index (χ1n) is 5.53. The number of benzene rings is 1. The van der Waals surface area contributed by atoms with Crippen LogP contribution in [-0.2, 0) is 10.0 Å². The van der Waals surface area contributed by atoms with Gasteiger partial charge in [0.05, 0.1) is 4.90 Å². The van der Waals surface area contributed by atoms with Gasteiger partial charge >= 0.3 is 0 Å². The third-order valence-electron chi connectivity index (χ3n) is 2.59. The van der Waals surface area contributed by atoms with E-state index in [0.29, 0.717) is 11.1 Å². The van der Waals surface area contributed by atoms with Crippen LogP contribution in [0.1, 0.15) is 18.1 Å². The Morgan fingerprint density at radius 1 is 1.33 bits per heavy atom. The van der Waals surface area contributed by atoms with Crippen LogP contribution < -0.4 is 0 Å². The number of hydrogen-bond donors (Lipinski definition) is 0. The smallest absolute Gasteiger partial charge is 0.207 e. The fourth-order valence-electron chi connectivity index (χ4n) is 1.93. The van der Waals surface area contributed by atoms with Crippen molar-refractivity contribution in [3.63, 3.8) is 0 Å². The van der Waals surface area contributed by atoms with Gasteiger partial charge in [-0.15, -0.1) is 0 Å². The normalized spacial score (nSPS) is 11.9. The first kappa shape index (κ1) is 14.9. The molecule has 5 heteroatoms. The summed E-state index contributed by atoms with van der Waals surface area (Å²) in [5, 5.41) is 0. The number of halogens is 1. The first-order valence-corrected chi connectivity index (χ1v) is 6.97. The fourth-order valence-corrected chi connectivity index (χ4v) is 3.56. The first-order chi connectivity index (χ1) is 8.16. The summed E-state index contributed by atoms with van der Waals surface area (Å²) in [5.74, 6) is -0.425. The van der Waals surface area contributed by atoms with Crippen LogP contribution in [-0.4, -0.2) is 26.3 Å². The lowest BCUT2D eigenvalue weighted by Gasteiger charge is -2.20. The molecule has 1 aromatic carbocycles. The lowest BCUT2D eigenvalue weighted by Crippen LogP contribution is -2.29. The maximum absolute atomic E-state index is 13.2. The Kier molecular flexibility index (Phi) is 4.29. The lowest BCUT2D eigenvalue weighted by molar-refractivity contribution is 0.491. The largest absolute Gasteiger partial charge is 0.243 e. The second-order valence-electron chi connectivity index (χ2n) is 4.59. The highest BCUT2D eigenvalue weighted by atomic mass is 32.2. The van der Waals surface area contributed by atoms with Crippen molar-refractivity contribution in [2.24, 2.45) is 0 Å². The molecule has 100 valence electrons. The molecule has 18 heavy (non-hydrogen) atoms. The fraction of sp³-hybridized carbons (Fsp3) is 0.385. The van der Waals surface area contributed by atoms with Crippen LogP contribution in [0.15, 0.2) is 29.2 Å². The van der Waals surface area contributed by atoms with Gasteiger partial charge in [-0.2, -0.15) is 4.31 Å². The molecule has 1 rings (SSSR count). The summed E-state index contributed by atoms with van der Waals surface area (Å²) in [6.07, 6.45) is 0. The van der Waals surface area contributed by atoms with Crippen LogP contribution in [0.5, 0.6) is 0 Å². The molecule has 1 aromatic rings.